The van der Waals surface area contributed by atoms with Crippen LogP contribution < -0.4 is 14.2 Å². The molecule has 125 valence electrons. The summed E-state index contributed by atoms with van der Waals surface area (Å²) in [5.74, 6) is 1.83. The Bertz CT molecular complexity index is 427. The second kappa shape index (κ2) is 10.3. The number of benzene rings is 1. The lowest BCUT2D eigenvalue weighted by Crippen LogP contribution is -2.13. The van der Waals surface area contributed by atoms with E-state index in [1.165, 1.54) is 0 Å². The lowest BCUT2D eigenvalue weighted by atomic mass is 10.1. The zero-order valence-corrected chi connectivity index (χ0v) is 14.2. The van der Waals surface area contributed by atoms with Gasteiger partial charge in [-0.2, -0.15) is 0 Å². The maximum absolute atomic E-state index is 5.80. The van der Waals surface area contributed by atoms with Gasteiger partial charge < -0.3 is 23.7 Å². The van der Waals surface area contributed by atoms with Crippen molar-refractivity contribution in [3.8, 4) is 17.2 Å². The highest BCUT2D eigenvalue weighted by Gasteiger charge is 2.25. The molecule has 0 saturated carbocycles. The molecule has 0 bridgehead atoms. The zero-order chi connectivity index (χ0) is 16.4. The van der Waals surface area contributed by atoms with E-state index in [9.17, 15) is 0 Å². The van der Waals surface area contributed by atoms with Crippen molar-refractivity contribution < 1.29 is 23.7 Å². The molecule has 0 heterocycles. The topological polar surface area (TPSA) is 46.2 Å². The van der Waals surface area contributed by atoms with Crippen LogP contribution in [-0.4, -0.2) is 33.0 Å². The van der Waals surface area contributed by atoms with Crippen molar-refractivity contribution in [1.82, 2.24) is 0 Å². The fourth-order valence-corrected chi connectivity index (χ4v) is 2.00. The van der Waals surface area contributed by atoms with Crippen molar-refractivity contribution in [3.63, 3.8) is 0 Å². The monoisotopic (exact) mass is 311 g/mol. The van der Waals surface area contributed by atoms with Crippen LogP contribution in [0.25, 0.3) is 0 Å². The molecule has 0 spiro atoms. The lowest BCUT2D eigenvalue weighted by Gasteiger charge is -2.22. The summed E-state index contributed by atoms with van der Waals surface area (Å²) in [7, 11) is 0. The molecule has 0 saturated heterocycles. The highest BCUT2D eigenvalue weighted by molar-refractivity contribution is 5.58. The number of hydrogen-bond donors (Lipinski definition) is 0. The molecule has 0 N–H and O–H groups in total. The van der Waals surface area contributed by atoms with Gasteiger partial charge in [0.2, 0.25) is 5.75 Å². The molecule has 1 radical (unpaired) electrons. The first kappa shape index (κ1) is 18.6. The third kappa shape index (κ3) is 4.78. The Morgan fingerprint density at radius 3 is 1.73 bits per heavy atom. The molecule has 5 heteroatoms. The quantitative estimate of drug-likeness (QED) is 0.622. The van der Waals surface area contributed by atoms with Crippen LogP contribution in [-0.2, 0) is 9.47 Å². The molecule has 0 amide bonds. The van der Waals surface area contributed by atoms with Crippen molar-refractivity contribution >= 4 is 0 Å². The second-order valence-corrected chi connectivity index (χ2v) is 4.22. The minimum atomic E-state index is 0.442. The van der Waals surface area contributed by atoms with Crippen LogP contribution in [0.5, 0.6) is 17.2 Å². The average molecular weight is 311 g/mol. The number of rotatable bonds is 11. The van der Waals surface area contributed by atoms with Crippen LogP contribution in [0.15, 0.2) is 12.1 Å². The van der Waals surface area contributed by atoms with E-state index in [1.807, 2.05) is 46.8 Å². The number of ether oxygens (including phenoxy) is 5. The van der Waals surface area contributed by atoms with E-state index >= 15 is 0 Å². The zero-order valence-electron chi connectivity index (χ0n) is 14.2. The van der Waals surface area contributed by atoms with Gasteiger partial charge in [-0.15, -0.1) is 0 Å². The van der Waals surface area contributed by atoms with Crippen molar-refractivity contribution in [3.05, 3.63) is 24.0 Å². The highest BCUT2D eigenvalue weighted by atomic mass is 16.7. The van der Waals surface area contributed by atoms with Gasteiger partial charge in [-0.1, -0.05) is 0 Å². The molecule has 1 rings (SSSR count). The summed E-state index contributed by atoms with van der Waals surface area (Å²) in [6.07, 6.45) is 0.442. The van der Waals surface area contributed by atoms with Crippen LogP contribution in [0.2, 0.25) is 0 Å². The van der Waals surface area contributed by atoms with Gasteiger partial charge in [0.05, 0.1) is 25.4 Å². The van der Waals surface area contributed by atoms with Crippen LogP contribution in [0.1, 0.15) is 40.2 Å². The van der Waals surface area contributed by atoms with E-state index in [1.54, 1.807) is 0 Å². The summed E-state index contributed by atoms with van der Waals surface area (Å²) in [4.78, 5) is 0. The van der Waals surface area contributed by atoms with Crippen molar-refractivity contribution in [2.75, 3.05) is 33.0 Å². The molecule has 0 aliphatic rings. The van der Waals surface area contributed by atoms with Gasteiger partial charge in [0, 0.05) is 13.2 Å². The van der Waals surface area contributed by atoms with Gasteiger partial charge in [-0.25, -0.2) is 0 Å². The molecular weight excluding hydrogens is 284 g/mol. The summed E-state index contributed by atoms with van der Waals surface area (Å²) in [5.41, 5.74) is 0.734. The molecule has 0 atom stereocenters. The molecule has 1 aromatic carbocycles. The normalized spacial score (nSPS) is 10.8. The van der Waals surface area contributed by atoms with Crippen LogP contribution >= 0.6 is 0 Å². The summed E-state index contributed by atoms with van der Waals surface area (Å²) in [6.45, 7) is 12.2. The second-order valence-electron chi connectivity index (χ2n) is 4.22. The maximum atomic E-state index is 5.80. The van der Waals surface area contributed by atoms with Gasteiger partial charge in [-0.05, 0) is 46.8 Å². The smallest absolute Gasteiger partial charge is 0.259 e. The lowest BCUT2D eigenvalue weighted by molar-refractivity contribution is -0.0175. The Hall–Kier alpha value is -1.46. The van der Waals surface area contributed by atoms with E-state index in [4.69, 9.17) is 23.7 Å². The molecule has 1 aromatic rings. The third-order valence-electron chi connectivity index (χ3n) is 2.72. The summed E-state index contributed by atoms with van der Waals surface area (Å²) in [5, 5.41) is 0. The first-order valence-electron chi connectivity index (χ1n) is 7.91. The molecule has 0 aromatic heterocycles. The van der Waals surface area contributed by atoms with E-state index in [2.05, 4.69) is 0 Å². The minimum Gasteiger partial charge on any atom is -0.490 e. The van der Waals surface area contributed by atoms with Crippen molar-refractivity contribution in [2.24, 2.45) is 0 Å². The largest absolute Gasteiger partial charge is 0.490 e. The van der Waals surface area contributed by atoms with Gasteiger partial charge in [0.15, 0.2) is 11.5 Å². The number of hydrogen-bond acceptors (Lipinski definition) is 5. The summed E-state index contributed by atoms with van der Waals surface area (Å²) in [6, 6.07) is 3.73. The molecule has 0 unspecified atom stereocenters. The first-order valence-corrected chi connectivity index (χ1v) is 7.91. The third-order valence-corrected chi connectivity index (χ3v) is 2.72. The average Bonchev–Trinajstić information content (AvgIpc) is 2.51. The fraction of sp³-hybridized carbons (Fsp3) is 0.588. The molecule has 0 aliphatic heterocycles. The van der Waals surface area contributed by atoms with Gasteiger partial charge >= 0.3 is 0 Å². The molecule has 0 aliphatic carbocycles. The highest BCUT2D eigenvalue weighted by Crippen LogP contribution is 2.43. The Kier molecular flexibility index (Phi) is 8.70. The van der Waals surface area contributed by atoms with E-state index in [-0.39, 0.29) is 0 Å². The summed E-state index contributed by atoms with van der Waals surface area (Å²) < 4.78 is 28.4. The Morgan fingerprint density at radius 1 is 0.682 bits per heavy atom. The maximum Gasteiger partial charge on any atom is 0.259 e. The van der Waals surface area contributed by atoms with E-state index in [0.29, 0.717) is 56.6 Å². The van der Waals surface area contributed by atoms with Crippen LogP contribution in [0.3, 0.4) is 0 Å². The van der Waals surface area contributed by atoms with Crippen molar-refractivity contribution in [1.29, 1.82) is 0 Å². The fourth-order valence-electron chi connectivity index (χ4n) is 2.00. The molecule has 5 nitrogen and oxygen atoms in total. The van der Waals surface area contributed by atoms with E-state index < -0.39 is 0 Å². The van der Waals surface area contributed by atoms with Gasteiger partial charge in [-0.3, -0.25) is 0 Å². The molecular formula is C17H27O5. The predicted octanol–water partition coefficient (Wildman–Crippen LogP) is 3.79. The Labute approximate surface area is 133 Å². The molecule has 0 fully saturated rings. The van der Waals surface area contributed by atoms with Crippen LogP contribution in [0, 0.1) is 6.29 Å². The standard InChI is InChI=1S/C17H27O5/c1-6-18-14-12-11-13(17(21-9-4)22-10-5)15(19-7-2)16(14)20-8-3/h11-12H,6-10H2,1-5H3. The first-order chi connectivity index (χ1) is 10.7. The minimum absolute atomic E-state index is 0.442. The Balaban J connectivity index is 3.32. The molecule has 22 heavy (non-hydrogen) atoms. The van der Waals surface area contributed by atoms with Crippen molar-refractivity contribution in [2.45, 2.75) is 34.6 Å². The SMILES string of the molecule is CCO[C](OCC)c1ccc(OCC)c(OCC)c1OCC. The Morgan fingerprint density at radius 2 is 1.23 bits per heavy atom. The van der Waals surface area contributed by atoms with E-state index in [0.717, 1.165) is 5.56 Å². The predicted molar refractivity (Wildman–Crippen MR) is 85.5 cm³/mol. The summed E-state index contributed by atoms with van der Waals surface area (Å²) >= 11 is 0. The van der Waals surface area contributed by atoms with Crippen LogP contribution in [0.4, 0.5) is 0 Å². The van der Waals surface area contributed by atoms with Gasteiger partial charge in [0.1, 0.15) is 0 Å². The van der Waals surface area contributed by atoms with Gasteiger partial charge in [0.25, 0.3) is 6.29 Å².